The maximum absolute atomic E-state index is 12.7. The molecule has 1 fully saturated rings. The van der Waals surface area contributed by atoms with E-state index < -0.39 is 17.3 Å². The van der Waals surface area contributed by atoms with E-state index in [9.17, 15) is 18.3 Å². The van der Waals surface area contributed by atoms with Crippen molar-refractivity contribution in [3.8, 4) is 0 Å². The molecule has 3 rings (SSSR count). The van der Waals surface area contributed by atoms with Gasteiger partial charge in [0.05, 0.1) is 22.9 Å². The predicted octanol–water partition coefficient (Wildman–Crippen LogP) is 3.14. The first-order valence-corrected chi connectivity index (χ1v) is 7.83. The van der Waals surface area contributed by atoms with Crippen LogP contribution in [0.3, 0.4) is 0 Å². The van der Waals surface area contributed by atoms with E-state index in [2.05, 4.69) is 10.4 Å². The molecule has 0 radical (unpaired) electrons. The molecule has 0 aliphatic carbocycles. The number of alkyl halides is 3. The Morgan fingerprint density at radius 1 is 1.21 bits per heavy atom. The summed E-state index contributed by atoms with van der Waals surface area (Å²) in [6.45, 7) is 1.95. The lowest BCUT2D eigenvalue weighted by Crippen LogP contribution is -2.47. The zero-order valence-corrected chi connectivity index (χ0v) is 13.5. The second kappa shape index (κ2) is 5.89. The molecule has 2 N–H and O–H groups in total. The van der Waals surface area contributed by atoms with Crippen molar-refractivity contribution < 1.29 is 18.3 Å². The molecule has 0 bridgehead atoms. The zero-order valence-electron chi connectivity index (χ0n) is 13.5. The van der Waals surface area contributed by atoms with Crippen molar-refractivity contribution in [2.24, 2.45) is 7.05 Å². The first-order chi connectivity index (χ1) is 11.2. The summed E-state index contributed by atoms with van der Waals surface area (Å²) in [5.74, 6) is 0. The smallest absolute Gasteiger partial charge is 0.385 e. The number of aliphatic hydroxyl groups is 1. The Balaban J connectivity index is 1.87. The number of hydrogen-bond donors (Lipinski definition) is 2. The summed E-state index contributed by atoms with van der Waals surface area (Å²) in [5.41, 5.74) is -0.575. The van der Waals surface area contributed by atoms with Crippen LogP contribution in [0.1, 0.15) is 42.6 Å². The molecule has 7 heteroatoms. The maximum Gasteiger partial charge on any atom is 0.416 e. The van der Waals surface area contributed by atoms with E-state index in [0.29, 0.717) is 18.4 Å². The second-order valence-electron chi connectivity index (χ2n) is 6.55. The third-order valence-electron chi connectivity index (χ3n) is 4.51. The van der Waals surface area contributed by atoms with Gasteiger partial charge in [-0.3, -0.25) is 4.68 Å². The van der Waals surface area contributed by atoms with Gasteiger partial charge in [-0.2, -0.15) is 18.3 Å². The molecule has 1 aliphatic rings. The topological polar surface area (TPSA) is 50.1 Å². The third kappa shape index (κ3) is 3.32. The summed E-state index contributed by atoms with van der Waals surface area (Å²) < 4.78 is 39.9. The molecule has 1 aromatic carbocycles. The molecular weight excluding hydrogens is 319 g/mol. The Bertz CT molecular complexity index is 711. The van der Waals surface area contributed by atoms with Crippen molar-refractivity contribution in [1.29, 1.82) is 0 Å². The van der Waals surface area contributed by atoms with Crippen molar-refractivity contribution in [1.82, 2.24) is 15.1 Å². The highest BCUT2D eigenvalue weighted by Crippen LogP contribution is 2.40. The summed E-state index contributed by atoms with van der Waals surface area (Å²) in [5, 5.41) is 18.8. The van der Waals surface area contributed by atoms with E-state index in [1.807, 2.05) is 26.2 Å². The van der Waals surface area contributed by atoms with E-state index >= 15 is 0 Å². The number of benzene rings is 1. The Labute approximate surface area is 138 Å². The van der Waals surface area contributed by atoms with E-state index in [4.69, 9.17) is 0 Å². The first kappa shape index (κ1) is 17.0. The minimum Gasteiger partial charge on any atom is -0.385 e. The van der Waals surface area contributed by atoms with Crippen LogP contribution in [0.4, 0.5) is 13.2 Å². The molecule has 130 valence electrons. The number of aryl methyl sites for hydroxylation is 1. The number of aromatic nitrogens is 2. The SMILES string of the molecule is C[C@H]1CC(O)(c2ccc(C(F)(F)F)cc2)C[C@@H](c2ccn(C)n2)N1. The molecule has 4 nitrogen and oxygen atoms in total. The largest absolute Gasteiger partial charge is 0.416 e. The number of hydrogen-bond acceptors (Lipinski definition) is 3. The average Bonchev–Trinajstić information content (AvgIpc) is 2.92. The van der Waals surface area contributed by atoms with Crippen molar-refractivity contribution >= 4 is 0 Å². The van der Waals surface area contributed by atoms with Gasteiger partial charge in [-0.1, -0.05) is 12.1 Å². The van der Waals surface area contributed by atoms with Gasteiger partial charge in [0.25, 0.3) is 0 Å². The van der Waals surface area contributed by atoms with Gasteiger partial charge in [-0.15, -0.1) is 0 Å². The number of rotatable bonds is 2. The highest BCUT2D eigenvalue weighted by molar-refractivity contribution is 5.30. The van der Waals surface area contributed by atoms with E-state index in [0.717, 1.165) is 17.8 Å². The molecular formula is C17H20F3N3O. The van der Waals surface area contributed by atoms with Gasteiger partial charge in [0.2, 0.25) is 0 Å². The quantitative estimate of drug-likeness (QED) is 0.884. The van der Waals surface area contributed by atoms with E-state index in [1.165, 1.54) is 12.1 Å². The monoisotopic (exact) mass is 339 g/mol. The van der Waals surface area contributed by atoms with Gasteiger partial charge in [0, 0.05) is 25.7 Å². The summed E-state index contributed by atoms with van der Waals surface area (Å²) in [6, 6.07) is 6.53. The van der Waals surface area contributed by atoms with Crippen LogP contribution in [0.5, 0.6) is 0 Å². The van der Waals surface area contributed by atoms with Crippen molar-refractivity contribution in [3.63, 3.8) is 0 Å². The molecule has 2 aromatic rings. The minimum absolute atomic E-state index is 0.0121. The Kier molecular flexibility index (Phi) is 4.17. The molecule has 24 heavy (non-hydrogen) atoms. The van der Waals surface area contributed by atoms with Crippen LogP contribution in [-0.2, 0) is 18.8 Å². The summed E-state index contributed by atoms with van der Waals surface area (Å²) in [4.78, 5) is 0. The van der Waals surface area contributed by atoms with Gasteiger partial charge < -0.3 is 10.4 Å². The van der Waals surface area contributed by atoms with Gasteiger partial charge in [0.15, 0.2) is 0 Å². The lowest BCUT2D eigenvalue weighted by atomic mass is 9.78. The highest BCUT2D eigenvalue weighted by atomic mass is 19.4. The second-order valence-corrected chi connectivity index (χ2v) is 6.55. The standard InChI is InChI=1S/C17H20F3N3O/c1-11-9-16(24,10-15(21-11)14-7-8-23(2)22-14)12-3-5-13(6-4-12)17(18,19)20/h3-8,11,15,21,24H,9-10H2,1-2H3/t11-,15-,16?/m0/s1. The molecule has 1 aliphatic heterocycles. The molecule has 1 saturated heterocycles. The van der Waals surface area contributed by atoms with E-state index in [-0.39, 0.29) is 12.1 Å². The van der Waals surface area contributed by atoms with Crippen LogP contribution in [0, 0.1) is 0 Å². The lowest BCUT2D eigenvalue weighted by molar-refractivity contribution is -0.137. The fraction of sp³-hybridized carbons (Fsp3) is 0.471. The zero-order chi connectivity index (χ0) is 17.5. The summed E-state index contributed by atoms with van der Waals surface area (Å²) in [7, 11) is 1.82. The molecule has 0 saturated carbocycles. The Hall–Kier alpha value is -1.86. The fourth-order valence-corrected chi connectivity index (χ4v) is 3.40. The number of nitrogens with one attached hydrogen (secondary N) is 1. The first-order valence-electron chi connectivity index (χ1n) is 7.83. The molecule has 1 unspecified atom stereocenters. The van der Waals surface area contributed by atoms with Crippen LogP contribution < -0.4 is 5.32 Å². The van der Waals surface area contributed by atoms with Crippen LogP contribution in [0.15, 0.2) is 36.5 Å². The van der Waals surface area contributed by atoms with Gasteiger partial charge in [-0.25, -0.2) is 0 Å². The Morgan fingerprint density at radius 3 is 2.42 bits per heavy atom. The normalized spacial score (nSPS) is 28.1. The predicted molar refractivity (Wildman–Crippen MR) is 83.1 cm³/mol. The number of nitrogens with zero attached hydrogens (tertiary/aromatic N) is 2. The third-order valence-corrected chi connectivity index (χ3v) is 4.51. The van der Waals surface area contributed by atoms with Crippen molar-refractivity contribution in [2.45, 2.75) is 43.6 Å². The molecule has 3 atom stereocenters. The average molecular weight is 339 g/mol. The summed E-state index contributed by atoms with van der Waals surface area (Å²) >= 11 is 0. The van der Waals surface area contributed by atoms with Crippen LogP contribution in [0.25, 0.3) is 0 Å². The van der Waals surface area contributed by atoms with Crippen molar-refractivity contribution in [3.05, 3.63) is 53.3 Å². The maximum atomic E-state index is 12.7. The summed E-state index contributed by atoms with van der Waals surface area (Å²) in [6.07, 6.45) is -1.76. The molecule has 0 spiro atoms. The number of halogens is 3. The minimum atomic E-state index is -4.38. The fourth-order valence-electron chi connectivity index (χ4n) is 3.40. The highest BCUT2D eigenvalue weighted by Gasteiger charge is 2.40. The van der Waals surface area contributed by atoms with Crippen LogP contribution >= 0.6 is 0 Å². The number of piperidine rings is 1. The van der Waals surface area contributed by atoms with Gasteiger partial charge in [-0.05, 0) is 37.1 Å². The van der Waals surface area contributed by atoms with Gasteiger partial charge >= 0.3 is 6.18 Å². The van der Waals surface area contributed by atoms with E-state index in [1.54, 1.807) is 4.68 Å². The molecule has 2 heterocycles. The van der Waals surface area contributed by atoms with Gasteiger partial charge in [0.1, 0.15) is 0 Å². The molecule has 0 amide bonds. The van der Waals surface area contributed by atoms with Crippen LogP contribution in [0.2, 0.25) is 0 Å². The lowest BCUT2D eigenvalue weighted by Gasteiger charge is -2.41. The van der Waals surface area contributed by atoms with Crippen molar-refractivity contribution in [2.75, 3.05) is 0 Å². The Morgan fingerprint density at radius 2 is 1.88 bits per heavy atom. The molecule has 1 aromatic heterocycles. The van der Waals surface area contributed by atoms with Crippen LogP contribution in [-0.4, -0.2) is 20.9 Å².